The Morgan fingerprint density at radius 1 is 1.43 bits per heavy atom. The van der Waals surface area contributed by atoms with Gasteiger partial charge in [-0.3, -0.25) is 4.79 Å². The van der Waals surface area contributed by atoms with Crippen LogP contribution in [0.25, 0.3) is 0 Å². The first-order valence-electron chi connectivity index (χ1n) is 7.78. The molecule has 1 amide bonds. The zero-order chi connectivity index (χ0) is 15.3. The van der Waals surface area contributed by atoms with Crippen molar-refractivity contribution in [1.29, 1.82) is 0 Å². The van der Waals surface area contributed by atoms with Gasteiger partial charge in [0.2, 0.25) is 5.91 Å². The average molecular weight is 292 g/mol. The van der Waals surface area contributed by atoms with Crippen molar-refractivity contribution in [1.82, 2.24) is 5.32 Å². The lowest BCUT2D eigenvalue weighted by Gasteiger charge is -2.29. The molecular weight excluding hydrogens is 267 g/mol. The number of hydrogen-bond donors (Lipinski definition) is 2. The quantitative estimate of drug-likeness (QED) is 0.847. The van der Waals surface area contributed by atoms with Crippen molar-refractivity contribution in [3.8, 4) is 0 Å². The molecule has 2 rings (SSSR count). The van der Waals surface area contributed by atoms with Crippen LogP contribution in [0.5, 0.6) is 0 Å². The van der Waals surface area contributed by atoms with Gasteiger partial charge < -0.3 is 11.1 Å². The molecule has 0 saturated heterocycles. The van der Waals surface area contributed by atoms with Gasteiger partial charge in [0.25, 0.3) is 0 Å². The molecule has 0 radical (unpaired) electrons. The number of carbonyl (C=O) groups excluding carboxylic acids is 1. The predicted molar refractivity (Wildman–Crippen MR) is 82.3 cm³/mol. The van der Waals surface area contributed by atoms with Crippen LogP contribution in [-0.4, -0.2) is 18.0 Å². The van der Waals surface area contributed by atoms with E-state index in [9.17, 15) is 9.18 Å². The van der Waals surface area contributed by atoms with Crippen molar-refractivity contribution in [3.05, 3.63) is 35.6 Å². The summed E-state index contributed by atoms with van der Waals surface area (Å²) in [6.07, 6.45) is 5.40. The van der Waals surface area contributed by atoms with Gasteiger partial charge in [-0.1, -0.05) is 31.9 Å². The van der Waals surface area contributed by atoms with Gasteiger partial charge in [-0.25, -0.2) is 4.39 Å². The van der Waals surface area contributed by atoms with E-state index in [4.69, 9.17) is 5.73 Å². The van der Waals surface area contributed by atoms with Gasteiger partial charge in [-0.2, -0.15) is 0 Å². The number of hydrogen-bond acceptors (Lipinski definition) is 2. The summed E-state index contributed by atoms with van der Waals surface area (Å²) in [5.41, 5.74) is 6.58. The standard InChI is InChI=1S/C17H25FN2O/c1-13(9-14-5-4-6-15(18)11-14)10-16(21)20-17(12-19)7-2-3-8-17/h4-6,11,13H,2-3,7-10,12,19H2,1H3,(H,20,21). The topological polar surface area (TPSA) is 55.1 Å². The normalized spacial score (nSPS) is 18.4. The van der Waals surface area contributed by atoms with Crippen LogP contribution in [0, 0.1) is 11.7 Å². The minimum Gasteiger partial charge on any atom is -0.349 e. The lowest BCUT2D eigenvalue weighted by Crippen LogP contribution is -2.51. The van der Waals surface area contributed by atoms with E-state index in [0.717, 1.165) is 31.2 Å². The molecule has 0 bridgehead atoms. The number of amides is 1. The van der Waals surface area contributed by atoms with E-state index in [2.05, 4.69) is 5.32 Å². The van der Waals surface area contributed by atoms with Crippen LogP contribution in [0.2, 0.25) is 0 Å². The highest BCUT2D eigenvalue weighted by Gasteiger charge is 2.33. The van der Waals surface area contributed by atoms with E-state index in [0.29, 0.717) is 19.4 Å². The Kier molecular flexibility index (Phi) is 5.34. The number of nitrogens with two attached hydrogens (primary N) is 1. The van der Waals surface area contributed by atoms with Crippen LogP contribution in [0.4, 0.5) is 4.39 Å². The molecule has 1 atom stereocenters. The molecule has 21 heavy (non-hydrogen) atoms. The smallest absolute Gasteiger partial charge is 0.220 e. The van der Waals surface area contributed by atoms with E-state index in [1.54, 1.807) is 6.07 Å². The van der Waals surface area contributed by atoms with Crippen LogP contribution in [0.1, 0.15) is 44.6 Å². The molecule has 4 heteroatoms. The molecule has 1 aliphatic rings. The summed E-state index contributed by atoms with van der Waals surface area (Å²) in [6.45, 7) is 2.53. The third-order valence-corrected chi connectivity index (χ3v) is 4.36. The molecule has 1 aromatic rings. The SMILES string of the molecule is CC(CC(=O)NC1(CN)CCCC1)Cc1cccc(F)c1. The maximum atomic E-state index is 13.2. The predicted octanol–water partition coefficient (Wildman–Crippen LogP) is 2.78. The fourth-order valence-corrected chi connectivity index (χ4v) is 3.23. The average Bonchev–Trinajstić information content (AvgIpc) is 2.87. The molecule has 3 N–H and O–H groups in total. The monoisotopic (exact) mass is 292 g/mol. The molecule has 3 nitrogen and oxygen atoms in total. The second-order valence-electron chi connectivity index (χ2n) is 6.38. The van der Waals surface area contributed by atoms with Crippen molar-refractivity contribution in [2.75, 3.05) is 6.54 Å². The van der Waals surface area contributed by atoms with Gasteiger partial charge >= 0.3 is 0 Å². The van der Waals surface area contributed by atoms with Crippen LogP contribution in [-0.2, 0) is 11.2 Å². The summed E-state index contributed by atoms with van der Waals surface area (Å²) in [5.74, 6) is 0.0199. The molecule has 0 aliphatic heterocycles. The first-order valence-corrected chi connectivity index (χ1v) is 7.78. The summed E-state index contributed by atoms with van der Waals surface area (Å²) in [6, 6.07) is 6.58. The van der Waals surface area contributed by atoms with Crippen LogP contribution in [0.3, 0.4) is 0 Å². The van der Waals surface area contributed by atoms with Gasteiger partial charge in [-0.05, 0) is 42.9 Å². The fourth-order valence-electron chi connectivity index (χ4n) is 3.23. The van der Waals surface area contributed by atoms with E-state index >= 15 is 0 Å². The second-order valence-corrected chi connectivity index (χ2v) is 6.38. The van der Waals surface area contributed by atoms with E-state index in [-0.39, 0.29) is 23.2 Å². The Morgan fingerprint density at radius 3 is 2.76 bits per heavy atom. The van der Waals surface area contributed by atoms with Gasteiger partial charge in [0.05, 0.1) is 5.54 Å². The molecule has 1 fully saturated rings. The van der Waals surface area contributed by atoms with Crippen LogP contribution < -0.4 is 11.1 Å². The summed E-state index contributed by atoms with van der Waals surface area (Å²) in [5, 5.41) is 3.13. The molecule has 116 valence electrons. The van der Waals surface area contributed by atoms with Crippen molar-refractivity contribution in [2.45, 2.75) is 51.0 Å². The lowest BCUT2D eigenvalue weighted by atomic mass is 9.94. The van der Waals surface area contributed by atoms with E-state index in [1.807, 2.05) is 13.0 Å². The largest absolute Gasteiger partial charge is 0.349 e. The minimum atomic E-state index is -0.225. The molecule has 0 spiro atoms. The number of rotatable bonds is 6. The molecule has 1 saturated carbocycles. The summed E-state index contributed by atoms with van der Waals surface area (Å²) < 4.78 is 13.2. The third kappa shape index (κ3) is 4.53. The number of benzene rings is 1. The maximum absolute atomic E-state index is 13.2. The second kappa shape index (κ2) is 7.03. The van der Waals surface area contributed by atoms with Crippen LogP contribution >= 0.6 is 0 Å². The summed E-state index contributed by atoms with van der Waals surface area (Å²) in [4.78, 5) is 12.2. The van der Waals surface area contributed by atoms with Crippen molar-refractivity contribution >= 4 is 5.91 Å². The van der Waals surface area contributed by atoms with Gasteiger partial charge in [0.1, 0.15) is 5.82 Å². The minimum absolute atomic E-state index is 0.0613. The molecule has 1 aromatic carbocycles. The Labute approximate surface area is 126 Å². The van der Waals surface area contributed by atoms with Crippen molar-refractivity contribution < 1.29 is 9.18 Å². The molecule has 0 aromatic heterocycles. The third-order valence-electron chi connectivity index (χ3n) is 4.36. The first kappa shape index (κ1) is 16.0. The first-order chi connectivity index (χ1) is 10.0. The lowest BCUT2D eigenvalue weighted by molar-refractivity contribution is -0.123. The van der Waals surface area contributed by atoms with Gasteiger partial charge in [0, 0.05) is 13.0 Å². The van der Waals surface area contributed by atoms with Gasteiger partial charge in [-0.15, -0.1) is 0 Å². The van der Waals surface area contributed by atoms with Crippen molar-refractivity contribution in [2.24, 2.45) is 11.7 Å². The number of halogens is 1. The molecular formula is C17H25FN2O. The zero-order valence-electron chi connectivity index (χ0n) is 12.7. The highest BCUT2D eigenvalue weighted by Crippen LogP contribution is 2.29. The number of nitrogens with one attached hydrogen (secondary N) is 1. The highest BCUT2D eigenvalue weighted by molar-refractivity contribution is 5.77. The Hall–Kier alpha value is -1.42. The van der Waals surface area contributed by atoms with E-state index < -0.39 is 0 Å². The summed E-state index contributed by atoms with van der Waals surface area (Å²) in [7, 11) is 0. The fraction of sp³-hybridized carbons (Fsp3) is 0.588. The zero-order valence-corrected chi connectivity index (χ0v) is 12.7. The summed E-state index contributed by atoms with van der Waals surface area (Å²) >= 11 is 0. The maximum Gasteiger partial charge on any atom is 0.220 e. The highest BCUT2D eigenvalue weighted by atomic mass is 19.1. The van der Waals surface area contributed by atoms with E-state index in [1.165, 1.54) is 12.1 Å². The molecule has 1 aliphatic carbocycles. The Bertz CT molecular complexity index is 483. The van der Waals surface area contributed by atoms with Gasteiger partial charge in [0.15, 0.2) is 0 Å². The Morgan fingerprint density at radius 2 is 2.14 bits per heavy atom. The molecule has 1 unspecified atom stereocenters. The van der Waals surface area contributed by atoms with Crippen LogP contribution in [0.15, 0.2) is 24.3 Å². The Balaban J connectivity index is 1.84. The number of carbonyl (C=O) groups is 1. The molecule has 0 heterocycles. The van der Waals surface area contributed by atoms with Crippen molar-refractivity contribution in [3.63, 3.8) is 0 Å².